The van der Waals surface area contributed by atoms with Crippen LogP contribution in [0.2, 0.25) is 0 Å². The van der Waals surface area contributed by atoms with Crippen molar-refractivity contribution in [3.63, 3.8) is 0 Å². The number of carbonyl (C=O) groups is 2. The van der Waals surface area contributed by atoms with Gasteiger partial charge >= 0.3 is 5.97 Å². The summed E-state index contributed by atoms with van der Waals surface area (Å²) in [5.41, 5.74) is 0. The van der Waals surface area contributed by atoms with Crippen LogP contribution >= 0.6 is 0 Å². The van der Waals surface area contributed by atoms with Crippen molar-refractivity contribution in [2.45, 2.75) is 289 Å². The zero-order valence-electron chi connectivity index (χ0n) is 41.3. The molecule has 0 heterocycles. The highest BCUT2D eigenvalue weighted by molar-refractivity contribution is 5.77. The summed E-state index contributed by atoms with van der Waals surface area (Å²) in [5, 5.41) is 23.8. The van der Waals surface area contributed by atoms with Gasteiger partial charge in [0, 0.05) is 6.42 Å². The molecule has 0 aliphatic rings. The van der Waals surface area contributed by atoms with Gasteiger partial charge in [-0.25, -0.2) is 0 Å². The number of allylic oxidation sites excluding steroid dienone is 8. The molecule has 0 radical (unpaired) electrons. The fourth-order valence-electron chi connectivity index (χ4n) is 8.06. The Hall–Kier alpha value is -2.18. The van der Waals surface area contributed by atoms with Gasteiger partial charge in [-0.05, 0) is 70.6 Å². The molecular formula is C56H103NO5. The third-order valence-corrected chi connectivity index (χ3v) is 12.2. The van der Waals surface area contributed by atoms with Crippen LogP contribution in [-0.2, 0) is 14.3 Å². The van der Waals surface area contributed by atoms with Gasteiger partial charge in [0.25, 0.3) is 0 Å². The van der Waals surface area contributed by atoms with Crippen LogP contribution in [0.15, 0.2) is 48.6 Å². The molecule has 3 unspecified atom stereocenters. The smallest absolute Gasteiger partial charge is 0.306 e. The quantitative estimate of drug-likeness (QED) is 0.0245. The molecular weight excluding hydrogens is 767 g/mol. The third kappa shape index (κ3) is 44.4. The monoisotopic (exact) mass is 870 g/mol. The van der Waals surface area contributed by atoms with Crippen molar-refractivity contribution < 1.29 is 24.5 Å². The predicted molar refractivity (Wildman–Crippen MR) is 269 cm³/mol. The molecule has 0 aliphatic carbocycles. The molecule has 3 atom stereocenters. The number of nitrogens with one attached hydrogen (secondary N) is 1. The highest BCUT2D eigenvalue weighted by Gasteiger charge is 2.24. The molecule has 0 bridgehead atoms. The van der Waals surface area contributed by atoms with E-state index in [0.717, 1.165) is 64.2 Å². The van der Waals surface area contributed by atoms with Crippen LogP contribution in [-0.4, -0.2) is 46.9 Å². The van der Waals surface area contributed by atoms with Gasteiger partial charge < -0.3 is 20.3 Å². The first-order valence-corrected chi connectivity index (χ1v) is 26.9. The maximum absolute atomic E-state index is 13.2. The van der Waals surface area contributed by atoms with E-state index in [1.54, 1.807) is 0 Å². The van der Waals surface area contributed by atoms with E-state index in [2.05, 4.69) is 68.6 Å². The molecule has 362 valence electrons. The van der Waals surface area contributed by atoms with E-state index in [-0.39, 0.29) is 31.3 Å². The summed E-state index contributed by atoms with van der Waals surface area (Å²) in [6.45, 7) is 6.46. The molecule has 0 aromatic carbocycles. The summed E-state index contributed by atoms with van der Waals surface area (Å²) in [6.07, 6.45) is 60.4. The number of aliphatic hydroxyl groups is 2. The summed E-state index contributed by atoms with van der Waals surface area (Å²) in [5.74, 6) is -0.574. The highest BCUT2D eigenvalue weighted by atomic mass is 16.5. The van der Waals surface area contributed by atoms with Crippen molar-refractivity contribution in [2.24, 2.45) is 0 Å². The Bertz CT molecular complexity index is 1070. The minimum atomic E-state index is -0.803. The minimum absolute atomic E-state index is 0.0382. The number of hydrogen-bond acceptors (Lipinski definition) is 5. The molecule has 0 saturated carbocycles. The second-order valence-corrected chi connectivity index (χ2v) is 18.3. The van der Waals surface area contributed by atoms with Crippen LogP contribution in [0, 0.1) is 0 Å². The molecule has 3 N–H and O–H groups in total. The maximum Gasteiger partial charge on any atom is 0.306 e. The number of esters is 1. The van der Waals surface area contributed by atoms with Gasteiger partial charge in [-0.3, -0.25) is 9.59 Å². The van der Waals surface area contributed by atoms with Gasteiger partial charge in [-0.15, -0.1) is 0 Å². The minimum Gasteiger partial charge on any atom is -0.462 e. The van der Waals surface area contributed by atoms with Crippen molar-refractivity contribution in [3.05, 3.63) is 48.6 Å². The molecule has 6 nitrogen and oxygen atoms in total. The molecule has 1 amide bonds. The molecule has 0 aliphatic heterocycles. The van der Waals surface area contributed by atoms with Crippen LogP contribution in [0.5, 0.6) is 0 Å². The maximum atomic E-state index is 13.2. The molecule has 0 spiro atoms. The van der Waals surface area contributed by atoms with Crippen LogP contribution in [0.1, 0.15) is 271 Å². The van der Waals surface area contributed by atoms with Gasteiger partial charge in [-0.2, -0.15) is 0 Å². The van der Waals surface area contributed by atoms with Gasteiger partial charge in [0.2, 0.25) is 5.91 Å². The molecule has 0 aromatic heterocycles. The average molecular weight is 870 g/mol. The third-order valence-electron chi connectivity index (χ3n) is 12.2. The molecule has 0 aromatic rings. The van der Waals surface area contributed by atoms with Crippen molar-refractivity contribution in [1.82, 2.24) is 5.32 Å². The highest BCUT2D eigenvalue weighted by Crippen LogP contribution is 2.17. The first-order valence-electron chi connectivity index (χ1n) is 26.9. The topological polar surface area (TPSA) is 95.9 Å². The molecule has 0 rings (SSSR count). The first-order chi connectivity index (χ1) is 30.5. The lowest BCUT2D eigenvalue weighted by Crippen LogP contribution is -2.46. The van der Waals surface area contributed by atoms with E-state index < -0.39 is 18.2 Å². The Morgan fingerprint density at radius 2 is 0.871 bits per heavy atom. The van der Waals surface area contributed by atoms with Crippen molar-refractivity contribution in [3.8, 4) is 0 Å². The van der Waals surface area contributed by atoms with E-state index in [1.807, 2.05) is 6.08 Å². The largest absolute Gasteiger partial charge is 0.462 e. The lowest BCUT2D eigenvalue weighted by Gasteiger charge is -2.24. The zero-order chi connectivity index (χ0) is 45.2. The second-order valence-electron chi connectivity index (χ2n) is 18.3. The van der Waals surface area contributed by atoms with E-state index >= 15 is 0 Å². The van der Waals surface area contributed by atoms with Gasteiger partial charge in [-0.1, -0.05) is 236 Å². The zero-order valence-corrected chi connectivity index (χ0v) is 41.3. The first kappa shape index (κ1) is 59.8. The van der Waals surface area contributed by atoms with Crippen LogP contribution in [0.4, 0.5) is 0 Å². The number of amides is 1. The number of hydrogen-bond donors (Lipinski definition) is 3. The van der Waals surface area contributed by atoms with Crippen LogP contribution in [0.3, 0.4) is 0 Å². The Morgan fingerprint density at radius 1 is 0.484 bits per heavy atom. The Morgan fingerprint density at radius 3 is 1.34 bits per heavy atom. The second kappa shape index (κ2) is 49.8. The summed E-state index contributed by atoms with van der Waals surface area (Å²) in [6, 6.07) is -0.720. The van der Waals surface area contributed by atoms with E-state index in [0.29, 0.717) is 19.3 Å². The number of rotatable bonds is 48. The number of carbonyl (C=O) groups excluding carboxylic acids is 2. The summed E-state index contributed by atoms with van der Waals surface area (Å²) in [4.78, 5) is 26.1. The molecule has 0 fully saturated rings. The van der Waals surface area contributed by atoms with Crippen LogP contribution in [0.25, 0.3) is 0 Å². The average Bonchev–Trinajstić information content (AvgIpc) is 3.26. The number of unbranched alkanes of at least 4 members (excludes halogenated alkanes) is 29. The van der Waals surface area contributed by atoms with E-state index in [9.17, 15) is 19.8 Å². The van der Waals surface area contributed by atoms with Crippen molar-refractivity contribution in [2.75, 3.05) is 6.61 Å². The van der Waals surface area contributed by atoms with E-state index in [1.165, 1.54) is 154 Å². The molecule has 6 heteroatoms. The summed E-state index contributed by atoms with van der Waals surface area (Å²) < 4.78 is 5.89. The van der Waals surface area contributed by atoms with Crippen molar-refractivity contribution >= 4 is 11.9 Å². The molecule has 62 heavy (non-hydrogen) atoms. The lowest BCUT2D eigenvalue weighted by atomic mass is 10.0. The van der Waals surface area contributed by atoms with Gasteiger partial charge in [0.05, 0.1) is 25.2 Å². The summed E-state index contributed by atoms with van der Waals surface area (Å²) >= 11 is 0. The number of ether oxygens (including phenoxy) is 1. The van der Waals surface area contributed by atoms with Gasteiger partial charge in [0.15, 0.2) is 0 Å². The van der Waals surface area contributed by atoms with Gasteiger partial charge in [0.1, 0.15) is 6.10 Å². The normalized spacial score (nSPS) is 13.6. The Balaban J connectivity index is 4.68. The Kier molecular flexibility index (Phi) is 48.1. The Labute approximate surface area is 385 Å². The lowest BCUT2D eigenvalue weighted by molar-refractivity contribution is -0.150. The standard InChI is InChI=1S/C56H103NO5/c1-4-7-10-13-16-19-22-25-27-28-30-32-35-38-41-44-47-52(62-56(61)49-46-43-40-37-34-29-24-21-18-15-12-9-6-3)50-55(60)57-53(51-58)54(59)48-45-42-39-36-33-31-26-23-20-17-14-11-8-5-2/h27-30,32,34,40,43,52-54,58-59H,4-26,31,33,35-39,41-42,44-51H2,1-3H3,(H,57,60)/b28-27+,32-30+,34-29-,43-40+. The SMILES string of the molecule is CCCCCCCC/C=C\C/C=C/CCC(=O)OC(CCCCC/C=C/C=C/CCCCCCCCC)CC(=O)NC(CO)C(O)CCCCCCCCCCCCCCCC. The van der Waals surface area contributed by atoms with Crippen LogP contribution < -0.4 is 5.32 Å². The predicted octanol–water partition coefficient (Wildman–Crippen LogP) is 16.2. The number of aliphatic hydroxyl groups excluding tert-OH is 2. The summed E-state index contributed by atoms with van der Waals surface area (Å²) in [7, 11) is 0. The van der Waals surface area contributed by atoms with Crippen molar-refractivity contribution in [1.29, 1.82) is 0 Å². The molecule has 0 saturated heterocycles. The van der Waals surface area contributed by atoms with E-state index in [4.69, 9.17) is 4.74 Å². The fraction of sp³-hybridized carbons (Fsp3) is 0.821. The fourth-order valence-corrected chi connectivity index (χ4v) is 8.06.